The van der Waals surface area contributed by atoms with Gasteiger partial charge in [-0.15, -0.1) is 0 Å². The van der Waals surface area contributed by atoms with Crippen LogP contribution in [0.1, 0.15) is 16.7 Å². The molecular formula is C30H29N3O4S2. The van der Waals surface area contributed by atoms with E-state index in [0.29, 0.717) is 18.1 Å². The normalized spacial score (nSPS) is 17.2. The lowest BCUT2D eigenvalue weighted by Gasteiger charge is -2.36. The number of carbonyl (C=O) groups is 2. The Bertz CT molecular complexity index is 1370. The topological polar surface area (TPSA) is 73.3 Å². The van der Waals surface area contributed by atoms with E-state index in [4.69, 9.17) is 22.1 Å². The summed E-state index contributed by atoms with van der Waals surface area (Å²) in [5, 5.41) is 9.12. The smallest absolute Gasteiger partial charge is 0.323 e. The number of piperazine rings is 1. The monoisotopic (exact) mass is 559 g/mol. The van der Waals surface area contributed by atoms with Crippen molar-refractivity contribution in [2.24, 2.45) is 0 Å². The molecule has 0 unspecified atom stereocenters. The van der Waals surface area contributed by atoms with Gasteiger partial charge in [0.05, 0.1) is 4.91 Å². The predicted molar refractivity (Wildman–Crippen MR) is 159 cm³/mol. The van der Waals surface area contributed by atoms with Crippen molar-refractivity contribution in [1.82, 2.24) is 9.80 Å². The van der Waals surface area contributed by atoms with E-state index in [1.807, 2.05) is 54.6 Å². The maximum absolute atomic E-state index is 12.8. The summed E-state index contributed by atoms with van der Waals surface area (Å²) < 4.78 is 6.51. The lowest BCUT2D eigenvalue weighted by Crippen LogP contribution is -2.46. The Hall–Kier alpha value is -3.66. The minimum atomic E-state index is -1.10. The number of nitrogens with zero attached hydrogens (tertiary/aromatic N) is 3. The van der Waals surface area contributed by atoms with Gasteiger partial charge < -0.3 is 14.7 Å². The third-order valence-electron chi connectivity index (χ3n) is 6.67. The summed E-state index contributed by atoms with van der Waals surface area (Å²) in [6.45, 7) is 4.47. The summed E-state index contributed by atoms with van der Waals surface area (Å²) in [5.74, 6) is -0.669. The fraction of sp³-hybridized carbons (Fsp3) is 0.233. The molecule has 0 radical (unpaired) electrons. The number of hydrogen-bond acceptors (Lipinski definition) is 7. The fourth-order valence-corrected chi connectivity index (χ4v) is 5.91. The van der Waals surface area contributed by atoms with Gasteiger partial charge in [-0.1, -0.05) is 78.6 Å². The molecule has 2 aliphatic heterocycles. The molecule has 0 spiro atoms. The molecule has 1 N–H and O–H groups in total. The van der Waals surface area contributed by atoms with Crippen molar-refractivity contribution in [2.45, 2.75) is 13.2 Å². The molecule has 0 saturated carbocycles. The molecule has 0 atom stereocenters. The maximum Gasteiger partial charge on any atom is 0.323 e. The highest BCUT2D eigenvalue weighted by Gasteiger charge is 2.33. The second kappa shape index (κ2) is 12.5. The first kappa shape index (κ1) is 26.9. The van der Waals surface area contributed by atoms with E-state index >= 15 is 0 Å². The largest absolute Gasteiger partial charge is 0.489 e. The predicted octanol–water partition coefficient (Wildman–Crippen LogP) is 4.87. The van der Waals surface area contributed by atoms with Crippen LogP contribution in [0.25, 0.3) is 6.08 Å². The van der Waals surface area contributed by atoms with Crippen LogP contribution < -0.4 is 9.64 Å². The molecule has 200 valence electrons. The minimum Gasteiger partial charge on any atom is -0.489 e. The number of benzene rings is 3. The second-order valence-electron chi connectivity index (χ2n) is 9.40. The summed E-state index contributed by atoms with van der Waals surface area (Å²) >= 11 is 6.37. The molecule has 2 saturated heterocycles. The van der Waals surface area contributed by atoms with Crippen molar-refractivity contribution in [2.75, 3.05) is 37.6 Å². The van der Waals surface area contributed by atoms with Crippen molar-refractivity contribution in [3.63, 3.8) is 0 Å². The van der Waals surface area contributed by atoms with Crippen LogP contribution in [0.15, 0.2) is 83.8 Å². The number of para-hydroxylation sites is 1. The van der Waals surface area contributed by atoms with Crippen LogP contribution in [-0.2, 0) is 22.7 Å². The van der Waals surface area contributed by atoms with Gasteiger partial charge in [0.2, 0.25) is 0 Å². The molecule has 2 heterocycles. The van der Waals surface area contributed by atoms with Crippen molar-refractivity contribution in [1.29, 1.82) is 0 Å². The van der Waals surface area contributed by atoms with Gasteiger partial charge in [-0.25, -0.2) is 0 Å². The Morgan fingerprint density at radius 1 is 0.974 bits per heavy atom. The van der Waals surface area contributed by atoms with Crippen molar-refractivity contribution in [3.05, 3.63) is 100 Å². The van der Waals surface area contributed by atoms with Crippen LogP contribution in [0.3, 0.4) is 0 Å². The molecule has 39 heavy (non-hydrogen) atoms. The third kappa shape index (κ3) is 6.86. The Morgan fingerprint density at radius 2 is 1.67 bits per heavy atom. The van der Waals surface area contributed by atoms with Gasteiger partial charge in [0.15, 0.2) is 0 Å². The van der Waals surface area contributed by atoms with Crippen LogP contribution in [0.5, 0.6) is 5.75 Å². The van der Waals surface area contributed by atoms with Crippen molar-refractivity contribution in [3.8, 4) is 5.75 Å². The SMILES string of the molecule is O=C(O)CN1C(=O)/C(=C/c2ccc(OCc3ccccc3)c(CN3CCN(c4ccccc4)CC3)c2)SC1=S. The summed E-state index contributed by atoms with van der Waals surface area (Å²) in [6, 6.07) is 26.4. The van der Waals surface area contributed by atoms with Gasteiger partial charge in [0, 0.05) is 44.0 Å². The molecule has 9 heteroatoms. The van der Waals surface area contributed by atoms with Crippen LogP contribution >= 0.6 is 24.0 Å². The minimum absolute atomic E-state index is 0.257. The number of amides is 1. The van der Waals surface area contributed by atoms with Gasteiger partial charge in [-0.2, -0.15) is 0 Å². The number of rotatable bonds is 9. The van der Waals surface area contributed by atoms with E-state index in [2.05, 4.69) is 34.1 Å². The fourth-order valence-electron chi connectivity index (χ4n) is 4.66. The van der Waals surface area contributed by atoms with E-state index in [9.17, 15) is 9.59 Å². The quantitative estimate of drug-likeness (QED) is 0.294. The first-order valence-corrected chi connectivity index (χ1v) is 14.0. The number of carboxylic acid groups (broad SMARTS) is 1. The molecular weight excluding hydrogens is 530 g/mol. The Morgan fingerprint density at radius 3 is 2.36 bits per heavy atom. The molecule has 1 amide bonds. The van der Waals surface area contributed by atoms with Gasteiger partial charge in [-0.05, 0) is 41.5 Å². The number of aliphatic carboxylic acids is 1. The lowest BCUT2D eigenvalue weighted by atomic mass is 10.1. The summed E-state index contributed by atoms with van der Waals surface area (Å²) in [7, 11) is 0. The van der Waals surface area contributed by atoms with E-state index in [1.165, 1.54) is 5.69 Å². The molecule has 0 aromatic heterocycles. The zero-order valence-electron chi connectivity index (χ0n) is 21.4. The number of hydrogen-bond donors (Lipinski definition) is 1. The number of thioether (sulfide) groups is 1. The highest BCUT2D eigenvalue weighted by Crippen LogP contribution is 2.33. The highest BCUT2D eigenvalue weighted by molar-refractivity contribution is 8.26. The third-order valence-corrected chi connectivity index (χ3v) is 8.05. The number of thiocarbonyl (C=S) groups is 1. The summed E-state index contributed by atoms with van der Waals surface area (Å²) in [6.07, 6.45) is 1.78. The summed E-state index contributed by atoms with van der Waals surface area (Å²) in [4.78, 5) is 30.3. The molecule has 2 aliphatic rings. The Labute approximate surface area is 237 Å². The molecule has 3 aromatic rings. The summed E-state index contributed by atoms with van der Waals surface area (Å²) in [5.41, 5.74) is 4.21. The van der Waals surface area contributed by atoms with E-state index < -0.39 is 12.5 Å². The van der Waals surface area contributed by atoms with Crippen LogP contribution in [0, 0.1) is 0 Å². The lowest BCUT2D eigenvalue weighted by molar-refractivity contribution is -0.140. The van der Waals surface area contributed by atoms with Gasteiger partial charge >= 0.3 is 5.97 Å². The highest BCUT2D eigenvalue weighted by atomic mass is 32.2. The molecule has 7 nitrogen and oxygen atoms in total. The molecule has 5 rings (SSSR count). The zero-order valence-corrected chi connectivity index (χ0v) is 23.0. The average molecular weight is 560 g/mol. The van der Waals surface area contributed by atoms with Crippen LogP contribution in [0.4, 0.5) is 5.69 Å². The Balaban J connectivity index is 1.34. The number of ether oxygens (including phenoxy) is 1. The van der Waals surface area contributed by atoms with E-state index in [0.717, 1.165) is 65.3 Å². The first-order chi connectivity index (χ1) is 19.0. The average Bonchev–Trinajstić information content (AvgIpc) is 3.21. The molecule has 0 aliphatic carbocycles. The van der Waals surface area contributed by atoms with Crippen LogP contribution in [0.2, 0.25) is 0 Å². The molecule has 2 fully saturated rings. The standard InChI is InChI=1S/C30H29N3O4S2/c34-28(35)20-33-29(36)27(39-30(33)38)18-23-11-12-26(37-21-22-7-3-1-4-8-22)24(17-23)19-31-13-15-32(16-14-31)25-9-5-2-6-10-25/h1-12,17-18H,13-16,19-21H2,(H,34,35)/b27-18-. The number of anilines is 1. The van der Waals surface area contributed by atoms with Gasteiger partial charge in [0.25, 0.3) is 5.91 Å². The van der Waals surface area contributed by atoms with Crippen molar-refractivity contribution < 1.29 is 19.4 Å². The van der Waals surface area contributed by atoms with Gasteiger partial charge in [0.1, 0.15) is 23.2 Å². The van der Waals surface area contributed by atoms with Gasteiger partial charge in [-0.3, -0.25) is 19.4 Å². The number of carboxylic acids is 1. The Kier molecular flexibility index (Phi) is 8.61. The van der Waals surface area contributed by atoms with Crippen molar-refractivity contribution >= 4 is 51.9 Å². The van der Waals surface area contributed by atoms with E-state index in [1.54, 1.807) is 6.08 Å². The maximum atomic E-state index is 12.8. The van der Waals surface area contributed by atoms with E-state index in [-0.39, 0.29) is 10.2 Å². The molecule has 3 aromatic carbocycles. The molecule has 0 bridgehead atoms. The zero-order chi connectivity index (χ0) is 27.2. The number of carbonyl (C=O) groups excluding carboxylic acids is 1. The second-order valence-corrected chi connectivity index (χ2v) is 11.1. The van der Waals surface area contributed by atoms with Crippen LogP contribution in [-0.4, -0.2) is 63.8 Å². The first-order valence-electron chi connectivity index (χ1n) is 12.8.